The van der Waals surface area contributed by atoms with Crippen molar-refractivity contribution in [2.24, 2.45) is 0 Å². The van der Waals surface area contributed by atoms with Gasteiger partial charge in [-0.25, -0.2) is 4.98 Å². The fourth-order valence-electron chi connectivity index (χ4n) is 2.46. The Hall–Kier alpha value is -2.82. The highest BCUT2D eigenvalue weighted by Gasteiger charge is 2.00. The first kappa shape index (κ1) is 17.0. The van der Waals surface area contributed by atoms with Crippen molar-refractivity contribution >= 4 is 0 Å². The molecule has 0 fully saturated rings. The molecule has 0 aliphatic rings. The number of unbranched alkanes of at least 4 members (excludes halogenated alkanes) is 2. The molecule has 3 aromatic rings. The number of hydrogen-bond acceptors (Lipinski definition) is 4. The summed E-state index contributed by atoms with van der Waals surface area (Å²) in [6.07, 6.45) is 8.95. The van der Waals surface area contributed by atoms with Gasteiger partial charge in [0, 0.05) is 25.0 Å². The van der Waals surface area contributed by atoms with Crippen molar-refractivity contribution in [1.82, 2.24) is 14.8 Å². The van der Waals surface area contributed by atoms with Gasteiger partial charge in [-0.05, 0) is 62.1 Å². The van der Waals surface area contributed by atoms with E-state index >= 15 is 0 Å². The fourth-order valence-corrected chi connectivity index (χ4v) is 2.46. The minimum absolute atomic E-state index is 0.587. The summed E-state index contributed by atoms with van der Waals surface area (Å²) in [6.45, 7) is 3.75. The molecule has 0 unspecified atom stereocenters. The number of hydrogen-bond donors (Lipinski definition) is 0. The molecular formula is C20H23N3O2. The van der Waals surface area contributed by atoms with Crippen molar-refractivity contribution in [3.63, 3.8) is 0 Å². The van der Waals surface area contributed by atoms with Crippen LogP contribution in [0.3, 0.4) is 0 Å². The number of aryl methyl sites for hydroxylation is 2. The Labute approximate surface area is 148 Å². The van der Waals surface area contributed by atoms with Crippen LogP contribution in [0.5, 0.6) is 17.4 Å². The molecule has 0 amide bonds. The van der Waals surface area contributed by atoms with Crippen LogP contribution < -0.4 is 9.47 Å². The van der Waals surface area contributed by atoms with Crippen molar-refractivity contribution in [2.45, 2.75) is 32.7 Å². The van der Waals surface area contributed by atoms with E-state index in [-0.39, 0.29) is 0 Å². The molecule has 3 rings (SSSR count). The second-order valence-electron chi connectivity index (χ2n) is 5.93. The van der Waals surface area contributed by atoms with Gasteiger partial charge in [0.05, 0.1) is 12.8 Å². The summed E-state index contributed by atoms with van der Waals surface area (Å²) in [5.74, 6) is 2.19. The van der Waals surface area contributed by atoms with Gasteiger partial charge in [0.25, 0.3) is 0 Å². The maximum atomic E-state index is 5.77. The quantitative estimate of drug-likeness (QED) is 0.534. The molecule has 2 aromatic heterocycles. The van der Waals surface area contributed by atoms with E-state index in [1.165, 1.54) is 5.56 Å². The average molecular weight is 337 g/mol. The number of ether oxygens (including phenoxy) is 2. The van der Waals surface area contributed by atoms with Crippen LogP contribution in [-0.2, 0) is 6.54 Å². The molecule has 0 saturated carbocycles. The van der Waals surface area contributed by atoms with E-state index in [9.17, 15) is 0 Å². The van der Waals surface area contributed by atoms with Gasteiger partial charge in [-0.15, -0.1) is 0 Å². The summed E-state index contributed by atoms with van der Waals surface area (Å²) in [6, 6.07) is 13.2. The first-order valence-corrected chi connectivity index (χ1v) is 8.60. The molecule has 0 radical (unpaired) electrons. The lowest BCUT2D eigenvalue weighted by molar-refractivity contribution is 0.303. The normalized spacial score (nSPS) is 10.6. The highest BCUT2D eigenvalue weighted by Crippen LogP contribution is 2.22. The Morgan fingerprint density at radius 3 is 2.52 bits per heavy atom. The van der Waals surface area contributed by atoms with Gasteiger partial charge < -0.3 is 9.47 Å². The van der Waals surface area contributed by atoms with Crippen molar-refractivity contribution in [3.8, 4) is 17.4 Å². The third kappa shape index (κ3) is 5.64. The number of nitrogens with zero attached hydrogens (tertiary/aromatic N) is 3. The standard InChI is InChI=1S/C20H23N3O2/c1-17-15-22-23(16-17)13-5-2-6-14-24-18-8-10-19(11-9-18)25-20-7-3-4-12-21-20/h3-4,7-12,15-16H,2,5-6,13-14H2,1H3. The summed E-state index contributed by atoms with van der Waals surface area (Å²) in [7, 11) is 0. The summed E-state index contributed by atoms with van der Waals surface area (Å²) in [4.78, 5) is 4.14. The van der Waals surface area contributed by atoms with E-state index in [2.05, 4.69) is 23.2 Å². The molecule has 0 spiro atoms. The van der Waals surface area contributed by atoms with Gasteiger partial charge in [0.1, 0.15) is 11.5 Å². The molecule has 25 heavy (non-hydrogen) atoms. The third-order valence-electron chi connectivity index (χ3n) is 3.75. The highest BCUT2D eigenvalue weighted by atomic mass is 16.5. The van der Waals surface area contributed by atoms with Gasteiger partial charge >= 0.3 is 0 Å². The molecule has 5 nitrogen and oxygen atoms in total. The maximum Gasteiger partial charge on any atom is 0.219 e. The molecule has 0 atom stereocenters. The predicted octanol–water partition coefficient (Wildman–Crippen LogP) is 4.63. The number of benzene rings is 1. The summed E-state index contributed by atoms with van der Waals surface area (Å²) >= 11 is 0. The van der Waals surface area contributed by atoms with Crippen LogP contribution in [0.25, 0.3) is 0 Å². The summed E-state index contributed by atoms with van der Waals surface area (Å²) < 4.78 is 13.4. The Balaban J connectivity index is 1.33. The first-order chi connectivity index (χ1) is 12.3. The number of pyridine rings is 1. The minimum atomic E-state index is 0.587. The van der Waals surface area contributed by atoms with Crippen molar-refractivity contribution in [1.29, 1.82) is 0 Å². The fraction of sp³-hybridized carbons (Fsp3) is 0.300. The van der Waals surface area contributed by atoms with Crippen LogP contribution in [0.15, 0.2) is 61.1 Å². The smallest absolute Gasteiger partial charge is 0.219 e. The molecule has 130 valence electrons. The number of rotatable bonds is 9. The van der Waals surface area contributed by atoms with Crippen molar-refractivity contribution < 1.29 is 9.47 Å². The summed E-state index contributed by atoms with van der Waals surface area (Å²) in [5.41, 5.74) is 1.21. The van der Waals surface area contributed by atoms with Gasteiger partial charge in [0.15, 0.2) is 0 Å². The molecule has 5 heteroatoms. The van der Waals surface area contributed by atoms with E-state index in [1.54, 1.807) is 6.20 Å². The van der Waals surface area contributed by atoms with Crippen molar-refractivity contribution in [2.75, 3.05) is 6.61 Å². The van der Waals surface area contributed by atoms with E-state index in [1.807, 2.05) is 53.3 Å². The Bertz CT molecular complexity index is 754. The first-order valence-electron chi connectivity index (χ1n) is 8.60. The molecular weight excluding hydrogens is 314 g/mol. The van der Waals surface area contributed by atoms with E-state index in [4.69, 9.17) is 9.47 Å². The topological polar surface area (TPSA) is 49.2 Å². The van der Waals surface area contributed by atoms with Crippen LogP contribution in [0.2, 0.25) is 0 Å². The number of aromatic nitrogens is 3. The van der Waals surface area contributed by atoms with Gasteiger partial charge in [-0.1, -0.05) is 6.07 Å². The second kappa shape index (κ2) is 8.87. The zero-order chi connectivity index (χ0) is 17.3. The molecule has 0 aliphatic heterocycles. The van der Waals surface area contributed by atoms with Crippen molar-refractivity contribution in [3.05, 3.63) is 66.6 Å². The molecule has 2 heterocycles. The molecule has 0 bridgehead atoms. The second-order valence-corrected chi connectivity index (χ2v) is 5.93. The Kier molecular flexibility index (Phi) is 6.04. The van der Waals surface area contributed by atoms with Gasteiger partial charge in [-0.3, -0.25) is 4.68 Å². The van der Waals surface area contributed by atoms with Crippen LogP contribution in [0.4, 0.5) is 0 Å². The van der Waals surface area contributed by atoms with Crippen LogP contribution in [0.1, 0.15) is 24.8 Å². The lowest BCUT2D eigenvalue weighted by Crippen LogP contribution is -2.01. The van der Waals surface area contributed by atoms with Gasteiger partial charge in [0.2, 0.25) is 5.88 Å². The maximum absolute atomic E-state index is 5.77. The largest absolute Gasteiger partial charge is 0.494 e. The third-order valence-corrected chi connectivity index (χ3v) is 3.75. The van der Waals surface area contributed by atoms with Crippen LogP contribution in [0, 0.1) is 6.92 Å². The summed E-state index contributed by atoms with van der Waals surface area (Å²) in [5, 5.41) is 4.29. The minimum Gasteiger partial charge on any atom is -0.494 e. The molecule has 0 saturated heterocycles. The Morgan fingerprint density at radius 1 is 0.960 bits per heavy atom. The lowest BCUT2D eigenvalue weighted by Gasteiger charge is -2.08. The van der Waals surface area contributed by atoms with Gasteiger partial charge in [-0.2, -0.15) is 5.10 Å². The van der Waals surface area contributed by atoms with E-state index in [0.717, 1.165) is 43.9 Å². The SMILES string of the molecule is Cc1cnn(CCCCCOc2ccc(Oc3ccccn3)cc2)c1. The monoisotopic (exact) mass is 337 g/mol. The van der Waals surface area contributed by atoms with Crippen LogP contribution in [-0.4, -0.2) is 21.4 Å². The highest BCUT2D eigenvalue weighted by molar-refractivity contribution is 5.33. The zero-order valence-electron chi connectivity index (χ0n) is 14.5. The average Bonchev–Trinajstić information content (AvgIpc) is 3.05. The molecule has 0 N–H and O–H groups in total. The lowest BCUT2D eigenvalue weighted by atomic mass is 10.2. The molecule has 1 aromatic carbocycles. The Morgan fingerprint density at radius 2 is 1.80 bits per heavy atom. The van der Waals surface area contributed by atoms with Crippen LogP contribution >= 0.6 is 0 Å². The predicted molar refractivity (Wildman–Crippen MR) is 97.1 cm³/mol. The molecule has 0 aliphatic carbocycles. The zero-order valence-corrected chi connectivity index (χ0v) is 14.5. The van der Waals surface area contributed by atoms with E-state index < -0.39 is 0 Å². The van der Waals surface area contributed by atoms with E-state index in [0.29, 0.717) is 5.88 Å².